The van der Waals surface area contributed by atoms with Crippen molar-refractivity contribution in [1.82, 2.24) is 14.8 Å². The number of carbonyl (C=O) groups excluding carboxylic acids is 1. The van der Waals surface area contributed by atoms with Gasteiger partial charge in [-0.1, -0.05) is 20.8 Å². The van der Waals surface area contributed by atoms with Crippen molar-refractivity contribution in [2.45, 2.75) is 33.7 Å². The summed E-state index contributed by atoms with van der Waals surface area (Å²) in [6, 6.07) is 4.12. The van der Waals surface area contributed by atoms with Crippen molar-refractivity contribution in [3.8, 4) is 0 Å². The number of carbonyl (C=O) groups is 1. The molecule has 1 aromatic heterocycles. The first kappa shape index (κ1) is 15.0. The van der Waals surface area contributed by atoms with Crippen LogP contribution in [-0.2, 0) is 11.3 Å². The second-order valence-electron chi connectivity index (χ2n) is 6.53. The predicted molar refractivity (Wildman–Crippen MR) is 80.2 cm³/mol. The van der Waals surface area contributed by atoms with Crippen LogP contribution in [0.2, 0.25) is 0 Å². The molecule has 1 aromatic rings. The summed E-state index contributed by atoms with van der Waals surface area (Å²) in [6.07, 6.45) is 4.72. The highest BCUT2D eigenvalue weighted by atomic mass is 16.2. The third kappa shape index (κ3) is 4.04. The molecule has 1 amide bonds. The zero-order valence-corrected chi connectivity index (χ0v) is 12.8. The molecule has 0 unspecified atom stereocenters. The fraction of sp³-hybridized carbons (Fsp3) is 0.625. The Kier molecular flexibility index (Phi) is 4.76. The van der Waals surface area contributed by atoms with E-state index in [1.165, 1.54) is 5.56 Å². The van der Waals surface area contributed by atoms with E-state index in [-0.39, 0.29) is 11.3 Å². The third-order valence-corrected chi connectivity index (χ3v) is 3.67. The average Bonchev–Trinajstić information content (AvgIpc) is 2.63. The maximum Gasteiger partial charge on any atom is 0.227 e. The summed E-state index contributed by atoms with van der Waals surface area (Å²) in [6.45, 7) is 10.6. The Bertz CT molecular complexity index is 439. The second kappa shape index (κ2) is 6.35. The molecule has 0 radical (unpaired) electrons. The van der Waals surface area contributed by atoms with Gasteiger partial charge in [0.15, 0.2) is 0 Å². The molecular weight excluding hydrogens is 250 g/mol. The van der Waals surface area contributed by atoms with Crippen molar-refractivity contribution in [2.75, 3.05) is 26.2 Å². The van der Waals surface area contributed by atoms with Crippen molar-refractivity contribution in [3.05, 3.63) is 30.1 Å². The Morgan fingerprint density at radius 2 is 1.85 bits per heavy atom. The first-order valence-corrected chi connectivity index (χ1v) is 7.37. The Hall–Kier alpha value is -1.42. The first-order valence-electron chi connectivity index (χ1n) is 7.37. The minimum absolute atomic E-state index is 0.267. The smallest absolute Gasteiger partial charge is 0.227 e. The van der Waals surface area contributed by atoms with Gasteiger partial charge in [0, 0.05) is 50.5 Å². The third-order valence-electron chi connectivity index (χ3n) is 3.67. The minimum atomic E-state index is -0.278. The number of hydrogen-bond donors (Lipinski definition) is 0. The van der Waals surface area contributed by atoms with Gasteiger partial charge in [0.1, 0.15) is 0 Å². The largest absolute Gasteiger partial charge is 0.341 e. The summed E-state index contributed by atoms with van der Waals surface area (Å²) < 4.78 is 0. The molecule has 1 aliphatic rings. The zero-order valence-electron chi connectivity index (χ0n) is 12.8. The summed E-state index contributed by atoms with van der Waals surface area (Å²) in [5, 5.41) is 0. The van der Waals surface area contributed by atoms with Gasteiger partial charge in [-0.25, -0.2) is 0 Å². The highest BCUT2D eigenvalue weighted by Crippen LogP contribution is 2.19. The van der Waals surface area contributed by atoms with Crippen LogP contribution in [0.5, 0.6) is 0 Å². The summed E-state index contributed by atoms with van der Waals surface area (Å²) in [7, 11) is 0. The van der Waals surface area contributed by atoms with Crippen LogP contribution in [0, 0.1) is 5.41 Å². The first-order chi connectivity index (χ1) is 9.47. The molecule has 1 fully saturated rings. The quantitative estimate of drug-likeness (QED) is 0.830. The standard InChI is InChI=1S/C16H25N3O/c1-16(2,3)15(20)19-10-4-9-18(11-12-19)13-14-5-7-17-8-6-14/h5-8H,4,9-13H2,1-3H3. The highest BCUT2D eigenvalue weighted by molar-refractivity contribution is 5.81. The molecule has 110 valence electrons. The van der Waals surface area contributed by atoms with Crippen LogP contribution in [0.4, 0.5) is 0 Å². The van der Waals surface area contributed by atoms with Gasteiger partial charge in [-0.15, -0.1) is 0 Å². The molecule has 0 atom stereocenters. The van der Waals surface area contributed by atoms with Crippen molar-refractivity contribution in [2.24, 2.45) is 5.41 Å². The van der Waals surface area contributed by atoms with E-state index in [0.717, 1.165) is 39.1 Å². The fourth-order valence-corrected chi connectivity index (χ4v) is 2.55. The van der Waals surface area contributed by atoms with Gasteiger partial charge in [0.2, 0.25) is 5.91 Å². The van der Waals surface area contributed by atoms with E-state index in [4.69, 9.17) is 0 Å². The van der Waals surface area contributed by atoms with E-state index in [2.05, 4.69) is 22.0 Å². The molecule has 2 rings (SSSR count). The molecule has 0 N–H and O–H groups in total. The van der Waals surface area contributed by atoms with E-state index < -0.39 is 0 Å². The van der Waals surface area contributed by atoms with Gasteiger partial charge in [-0.05, 0) is 24.1 Å². The van der Waals surface area contributed by atoms with E-state index in [0.29, 0.717) is 0 Å². The van der Waals surface area contributed by atoms with E-state index in [9.17, 15) is 4.79 Å². The lowest BCUT2D eigenvalue weighted by molar-refractivity contribution is -0.139. The number of rotatable bonds is 2. The molecule has 2 heterocycles. The molecular formula is C16H25N3O. The van der Waals surface area contributed by atoms with Crippen LogP contribution in [0.1, 0.15) is 32.8 Å². The molecule has 0 bridgehead atoms. The Labute approximate surface area is 121 Å². The molecule has 0 spiro atoms. The molecule has 4 nitrogen and oxygen atoms in total. The normalized spacial score (nSPS) is 17.9. The summed E-state index contributed by atoms with van der Waals surface area (Å²) in [5.74, 6) is 0.267. The van der Waals surface area contributed by atoms with Crippen LogP contribution < -0.4 is 0 Å². The lowest BCUT2D eigenvalue weighted by atomic mass is 9.94. The molecule has 0 aliphatic carbocycles. The molecule has 20 heavy (non-hydrogen) atoms. The van der Waals surface area contributed by atoms with Crippen molar-refractivity contribution in [3.63, 3.8) is 0 Å². The van der Waals surface area contributed by atoms with Gasteiger partial charge >= 0.3 is 0 Å². The van der Waals surface area contributed by atoms with Gasteiger partial charge in [-0.3, -0.25) is 14.7 Å². The summed E-state index contributed by atoms with van der Waals surface area (Å²) in [4.78, 5) is 20.8. The van der Waals surface area contributed by atoms with Crippen LogP contribution in [-0.4, -0.2) is 46.9 Å². The number of amides is 1. The van der Waals surface area contributed by atoms with Gasteiger partial charge in [0.25, 0.3) is 0 Å². The average molecular weight is 275 g/mol. The van der Waals surface area contributed by atoms with Gasteiger partial charge < -0.3 is 4.90 Å². The Morgan fingerprint density at radius 3 is 2.50 bits per heavy atom. The zero-order chi connectivity index (χ0) is 14.6. The molecule has 0 aromatic carbocycles. The fourth-order valence-electron chi connectivity index (χ4n) is 2.55. The number of hydrogen-bond acceptors (Lipinski definition) is 3. The summed E-state index contributed by atoms with van der Waals surface area (Å²) >= 11 is 0. The monoisotopic (exact) mass is 275 g/mol. The Morgan fingerprint density at radius 1 is 1.15 bits per heavy atom. The van der Waals surface area contributed by atoms with Gasteiger partial charge in [0.05, 0.1) is 0 Å². The van der Waals surface area contributed by atoms with E-state index >= 15 is 0 Å². The van der Waals surface area contributed by atoms with Crippen LogP contribution in [0.15, 0.2) is 24.5 Å². The number of pyridine rings is 1. The Balaban J connectivity index is 1.91. The van der Waals surface area contributed by atoms with Crippen molar-refractivity contribution >= 4 is 5.91 Å². The second-order valence-corrected chi connectivity index (χ2v) is 6.53. The molecule has 1 aliphatic heterocycles. The SMILES string of the molecule is CC(C)(C)C(=O)N1CCCN(Cc2ccncc2)CC1. The van der Waals surface area contributed by atoms with Crippen molar-refractivity contribution in [1.29, 1.82) is 0 Å². The summed E-state index contributed by atoms with van der Waals surface area (Å²) in [5.41, 5.74) is 1.01. The maximum atomic E-state index is 12.3. The van der Waals surface area contributed by atoms with Crippen LogP contribution in [0.25, 0.3) is 0 Å². The van der Waals surface area contributed by atoms with Crippen molar-refractivity contribution < 1.29 is 4.79 Å². The van der Waals surface area contributed by atoms with Gasteiger partial charge in [-0.2, -0.15) is 0 Å². The van der Waals surface area contributed by atoms with Crippen LogP contribution >= 0.6 is 0 Å². The number of aromatic nitrogens is 1. The van der Waals surface area contributed by atoms with E-state index in [1.54, 1.807) is 0 Å². The van der Waals surface area contributed by atoms with Crippen LogP contribution in [0.3, 0.4) is 0 Å². The topological polar surface area (TPSA) is 36.4 Å². The number of nitrogens with zero attached hydrogens (tertiary/aromatic N) is 3. The minimum Gasteiger partial charge on any atom is -0.341 e. The lowest BCUT2D eigenvalue weighted by Crippen LogP contribution is -2.41. The molecule has 4 heteroatoms. The predicted octanol–water partition coefficient (Wildman–Crippen LogP) is 2.16. The molecule has 0 saturated carbocycles. The highest BCUT2D eigenvalue weighted by Gasteiger charge is 2.28. The maximum absolute atomic E-state index is 12.3. The molecule has 1 saturated heterocycles. The van der Waals surface area contributed by atoms with E-state index in [1.807, 2.05) is 38.1 Å². The lowest BCUT2D eigenvalue weighted by Gasteiger charge is -2.28.